The van der Waals surface area contributed by atoms with E-state index in [4.69, 9.17) is 0 Å². The third-order valence-electron chi connectivity index (χ3n) is 3.84. The van der Waals surface area contributed by atoms with Crippen molar-refractivity contribution < 1.29 is 13.2 Å². The monoisotopic (exact) mass is 339 g/mol. The van der Waals surface area contributed by atoms with Crippen molar-refractivity contribution in [2.24, 2.45) is 0 Å². The Bertz CT molecular complexity index is 633. The average Bonchev–Trinajstić information content (AvgIpc) is 2.47. The summed E-state index contributed by atoms with van der Waals surface area (Å²) in [7, 11) is -1.31. The molecule has 0 atom stereocenters. The Morgan fingerprint density at radius 1 is 1.13 bits per heavy atom. The predicted octanol–water partition coefficient (Wildman–Crippen LogP) is 0.902. The summed E-state index contributed by atoms with van der Waals surface area (Å²) in [6, 6.07) is 6.84. The summed E-state index contributed by atoms with van der Waals surface area (Å²) < 4.78 is 26.5. The molecule has 23 heavy (non-hydrogen) atoms. The first-order valence-corrected chi connectivity index (χ1v) is 9.45. The van der Waals surface area contributed by atoms with Crippen LogP contribution in [0, 0.1) is 0 Å². The van der Waals surface area contributed by atoms with Crippen LogP contribution in [-0.4, -0.2) is 62.8 Å². The molecule has 1 aromatic rings. The lowest BCUT2D eigenvalue weighted by Gasteiger charge is -2.31. The fraction of sp³-hybridized carbons (Fsp3) is 0.562. The van der Waals surface area contributed by atoms with Gasteiger partial charge in [0, 0.05) is 37.8 Å². The number of hydrogen-bond donors (Lipinski definition) is 1. The molecular weight excluding hydrogens is 314 g/mol. The molecule has 0 spiro atoms. The van der Waals surface area contributed by atoms with Crippen molar-refractivity contribution >= 4 is 15.9 Å². The van der Waals surface area contributed by atoms with Gasteiger partial charge in [-0.1, -0.05) is 12.1 Å². The van der Waals surface area contributed by atoms with Gasteiger partial charge in [-0.3, -0.25) is 4.79 Å². The second-order valence-corrected chi connectivity index (χ2v) is 8.25. The molecule has 0 bridgehead atoms. The summed E-state index contributed by atoms with van der Waals surface area (Å²) >= 11 is 0. The zero-order valence-corrected chi connectivity index (χ0v) is 14.8. The van der Waals surface area contributed by atoms with Gasteiger partial charge < -0.3 is 10.2 Å². The molecule has 6 nitrogen and oxygen atoms in total. The van der Waals surface area contributed by atoms with Gasteiger partial charge in [0.2, 0.25) is 10.0 Å². The van der Waals surface area contributed by atoms with Gasteiger partial charge in [0.05, 0.1) is 5.75 Å². The third-order valence-corrected chi connectivity index (χ3v) is 5.69. The topological polar surface area (TPSA) is 69.7 Å². The van der Waals surface area contributed by atoms with E-state index in [0.29, 0.717) is 24.2 Å². The van der Waals surface area contributed by atoms with E-state index in [0.717, 1.165) is 13.1 Å². The summed E-state index contributed by atoms with van der Waals surface area (Å²) in [5, 5.41) is 2.81. The highest BCUT2D eigenvalue weighted by Crippen LogP contribution is 2.14. The van der Waals surface area contributed by atoms with Crippen molar-refractivity contribution in [3.8, 4) is 0 Å². The highest BCUT2D eigenvalue weighted by atomic mass is 32.2. The smallest absolute Gasteiger partial charge is 0.251 e. The summed E-state index contributed by atoms with van der Waals surface area (Å²) in [5.74, 6) is -0.170. The van der Waals surface area contributed by atoms with Crippen molar-refractivity contribution in [1.82, 2.24) is 14.5 Å². The first-order chi connectivity index (χ1) is 10.8. The Hall–Kier alpha value is -1.44. The second kappa shape index (κ2) is 7.42. The highest BCUT2D eigenvalue weighted by molar-refractivity contribution is 7.88. The van der Waals surface area contributed by atoms with Gasteiger partial charge in [0.25, 0.3) is 5.91 Å². The Kier molecular flexibility index (Phi) is 5.78. The zero-order valence-electron chi connectivity index (χ0n) is 13.9. The van der Waals surface area contributed by atoms with Crippen LogP contribution in [0.4, 0.5) is 0 Å². The van der Waals surface area contributed by atoms with Crippen molar-refractivity contribution in [3.63, 3.8) is 0 Å². The summed E-state index contributed by atoms with van der Waals surface area (Å²) in [4.78, 5) is 14.0. The average molecular weight is 339 g/mol. The molecule has 0 radical (unpaired) electrons. The molecule has 1 aliphatic heterocycles. The van der Waals surface area contributed by atoms with Crippen LogP contribution in [0.25, 0.3) is 0 Å². The predicted molar refractivity (Wildman–Crippen MR) is 90.7 cm³/mol. The Morgan fingerprint density at radius 2 is 1.70 bits per heavy atom. The van der Waals surface area contributed by atoms with E-state index in [2.05, 4.69) is 10.2 Å². The van der Waals surface area contributed by atoms with Crippen LogP contribution in [0.1, 0.15) is 29.8 Å². The van der Waals surface area contributed by atoms with E-state index in [1.165, 1.54) is 0 Å². The van der Waals surface area contributed by atoms with Gasteiger partial charge in [-0.15, -0.1) is 0 Å². The Labute approximate surface area is 138 Å². The number of hydrogen-bond acceptors (Lipinski definition) is 4. The van der Waals surface area contributed by atoms with Gasteiger partial charge in [-0.05, 0) is 38.6 Å². The first kappa shape index (κ1) is 17.9. The SMILES string of the molecule is CC(C)NC(=O)c1ccc(CS(=O)(=O)N2CCN(C)CC2)cc1. The van der Waals surface area contributed by atoms with E-state index in [9.17, 15) is 13.2 Å². The quantitative estimate of drug-likeness (QED) is 0.865. The van der Waals surface area contributed by atoms with Crippen LogP contribution < -0.4 is 5.32 Å². The van der Waals surface area contributed by atoms with Gasteiger partial charge >= 0.3 is 0 Å². The molecule has 1 aromatic carbocycles. The third kappa shape index (κ3) is 5.02. The van der Waals surface area contributed by atoms with Crippen LogP contribution in [-0.2, 0) is 15.8 Å². The second-order valence-electron chi connectivity index (χ2n) is 6.28. The molecule has 1 N–H and O–H groups in total. The fourth-order valence-corrected chi connectivity index (χ4v) is 3.98. The normalized spacial score (nSPS) is 17.4. The van der Waals surface area contributed by atoms with Crippen molar-refractivity contribution in [3.05, 3.63) is 35.4 Å². The summed E-state index contributed by atoms with van der Waals surface area (Å²) in [5.41, 5.74) is 1.24. The molecule has 0 unspecified atom stereocenters. The van der Waals surface area contributed by atoms with Crippen molar-refractivity contribution in [1.29, 1.82) is 0 Å². The van der Waals surface area contributed by atoms with E-state index in [1.807, 2.05) is 20.9 Å². The lowest BCUT2D eigenvalue weighted by atomic mass is 10.1. The van der Waals surface area contributed by atoms with Crippen LogP contribution in [0.2, 0.25) is 0 Å². The number of carbonyl (C=O) groups is 1. The minimum Gasteiger partial charge on any atom is -0.350 e. The number of sulfonamides is 1. The Balaban J connectivity index is 2.01. The largest absolute Gasteiger partial charge is 0.350 e. The molecule has 1 saturated heterocycles. The van der Waals surface area contributed by atoms with Gasteiger partial charge in [-0.25, -0.2) is 8.42 Å². The summed E-state index contributed by atoms with van der Waals surface area (Å²) in [6.07, 6.45) is 0. The highest BCUT2D eigenvalue weighted by Gasteiger charge is 2.25. The van der Waals surface area contributed by atoms with Crippen molar-refractivity contribution in [2.75, 3.05) is 33.2 Å². The van der Waals surface area contributed by atoms with E-state index in [-0.39, 0.29) is 17.7 Å². The molecule has 0 aliphatic carbocycles. The molecular formula is C16H25N3O3S. The van der Waals surface area contributed by atoms with Crippen LogP contribution in [0.15, 0.2) is 24.3 Å². The molecule has 0 aromatic heterocycles. The number of rotatable bonds is 5. The van der Waals surface area contributed by atoms with Crippen LogP contribution >= 0.6 is 0 Å². The van der Waals surface area contributed by atoms with Gasteiger partial charge in [0.1, 0.15) is 0 Å². The number of nitrogens with zero attached hydrogens (tertiary/aromatic N) is 2. The number of benzene rings is 1. The number of piperazine rings is 1. The first-order valence-electron chi connectivity index (χ1n) is 7.84. The zero-order chi connectivity index (χ0) is 17.0. The van der Waals surface area contributed by atoms with Gasteiger partial charge in [-0.2, -0.15) is 4.31 Å². The van der Waals surface area contributed by atoms with Crippen LogP contribution in [0.3, 0.4) is 0 Å². The minimum absolute atomic E-state index is 0.0250. The number of likely N-dealkylation sites (N-methyl/N-ethyl adjacent to an activating group) is 1. The van der Waals surface area contributed by atoms with E-state index >= 15 is 0 Å². The molecule has 1 aliphatic rings. The molecule has 1 amide bonds. The van der Waals surface area contributed by atoms with Crippen LogP contribution in [0.5, 0.6) is 0 Å². The maximum Gasteiger partial charge on any atom is 0.251 e. The maximum absolute atomic E-state index is 12.5. The standard InChI is InChI=1S/C16H25N3O3S/c1-13(2)17-16(20)15-6-4-14(5-7-15)12-23(21,22)19-10-8-18(3)9-11-19/h4-7,13H,8-12H2,1-3H3,(H,17,20). The number of amides is 1. The summed E-state index contributed by atoms with van der Waals surface area (Å²) in [6.45, 7) is 6.38. The number of nitrogens with one attached hydrogen (secondary N) is 1. The lowest BCUT2D eigenvalue weighted by molar-refractivity contribution is 0.0943. The maximum atomic E-state index is 12.5. The molecule has 0 saturated carbocycles. The number of carbonyl (C=O) groups excluding carboxylic acids is 1. The van der Waals surface area contributed by atoms with E-state index in [1.54, 1.807) is 28.6 Å². The van der Waals surface area contributed by atoms with Crippen molar-refractivity contribution in [2.45, 2.75) is 25.6 Å². The Morgan fingerprint density at radius 3 is 2.22 bits per heavy atom. The molecule has 2 rings (SSSR count). The lowest BCUT2D eigenvalue weighted by Crippen LogP contribution is -2.47. The molecule has 128 valence electrons. The minimum atomic E-state index is -3.31. The fourth-order valence-electron chi connectivity index (χ4n) is 2.47. The van der Waals surface area contributed by atoms with Gasteiger partial charge in [0.15, 0.2) is 0 Å². The molecule has 1 heterocycles. The molecule has 1 fully saturated rings. The van der Waals surface area contributed by atoms with E-state index < -0.39 is 10.0 Å². The molecule has 7 heteroatoms.